The van der Waals surface area contributed by atoms with Gasteiger partial charge in [0.1, 0.15) is 30.2 Å². The van der Waals surface area contributed by atoms with Gasteiger partial charge in [0.15, 0.2) is 47.9 Å². The van der Waals surface area contributed by atoms with Crippen LogP contribution in [0.5, 0.6) is 0 Å². The first-order chi connectivity index (χ1) is 42.5. The van der Waals surface area contributed by atoms with Gasteiger partial charge in [-0.15, -0.1) is 0 Å². The molecule has 0 amide bonds. The first kappa shape index (κ1) is 82.1. The number of hydrogen-bond acceptors (Lipinski definition) is 14. The van der Waals surface area contributed by atoms with Gasteiger partial charge in [0.2, 0.25) is 0 Å². The Morgan fingerprint density at radius 3 is 1.72 bits per heavy atom. The van der Waals surface area contributed by atoms with E-state index in [4.69, 9.17) is 66.6 Å². The van der Waals surface area contributed by atoms with E-state index in [1.54, 1.807) is 7.11 Å². The van der Waals surface area contributed by atoms with E-state index in [-0.39, 0.29) is 123 Å². The molecule has 0 aromatic rings. The monoisotopic (exact) mass is 1500 g/mol. The van der Waals surface area contributed by atoms with Crippen LogP contribution in [-0.4, -0.2) is 172 Å². The van der Waals surface area contributed by atoms with E-state index in [0.717, 1.165) is 69.3 Å². The van der Waals surface area contributed by atoms with E-state index in [1.807, 2.05) is 0 Å². The smallest absolute Gasteiger partial charge is 0.193 e. The number of rotatable bonds is 28. The lowest BCUT2D eigenvalue weighted by Gasteiger charge is -2.56. The highest BCUT2D eigenvalue weighted by atomic mass is 127. The Morgan fingerprint density at radius 2 is 1.16 bits per heavy atom. The lowest BCUT2D eigenvalue weighted by atomic mass is 9.81. The number of hydrogen-bond donors (Lipinski definition) is 0. The highest BCUT2D eigenvalue weighted by molar-refractivity contribution is 14.1. The minimum absolute atomic E-state index is 0.00124. The average molecular weight is 1510 g/mol. The molecule has 0 bridgehead atoms. The minimum Gasteiger partial charge on any atom is -0.414 e. The van der Waals surface area contributed by atoms with Gasteiger partial charge in [-0.05, 0) is 169 Å². The molecule has 4 unspecified atom stereocenters. The van der Waals surface area contributed by atoms with Crippen molar-refractivity contribution in [2.75, 3.05) is 26.9 Å². The Morgan fingerprint density at radius 1 is 0.613 bits per heavy atom. The fraction of sp³-hybridized carbons (Fsp3) is 0.904. The van der Waals surface area contributed by atoms with Crippen LogP contribution in [0.1, 0.15) is 194 Å². The van der Waals surface area contributed by atoms with Gasteiger partial charge in [-0.2, -0.15) is 0 Å². The molecule has 14 nitrogen and oxygen atoms in total. The summed E-state index contributed by atoms with van der Waals surface area (Å²) in [4.78, 5) is 15.4. The van der Waals surface area contributed by atoms with Crippen LogP contribution in [0.15, 0.2) is 34.5 Å². The molecule has 17 atom stereocenters. The second kappa shape index (κ2) is 32.2. The molecule has 6 heterocycles. The van der Waals surface area contributed by atoms with Crippen molar-refractivity contribution >= 4 is 70.0 Å². The molecule has 6 fully saturated rings. The van der Waals surface area contributed by atoms with Crippen LogP contribution in [0.4, 0.5) is 0 Å². The van der Waals surface area contributed by atoms with Crippen LogP contribution >= 0.6 is 22.6 Å². The number of methoxy groups -OCH3 is 1. The minimum atomic E-state index is -2.50. The molecule has 6 aliphatic rings. The molecule has 0 aromatic heterocycles. The molecule has 0 saturated carbocycles. The third kappa shape index (κ3) is 21.4. The van der Waals surface area contributed by atoms with E-state index in [2.05, 4.69) is 216 Å². The predicted octanol–water partition coefficient (Wildman–Crippen LogP) is 18.7. The Bertz CT molecular complexity index is 2450. The Kier molecular flexibility index (Phi) is 28.5. The topological polar surface area (TPSA) is 137 Å². The van der Waals surface area contributed by atoms with Gasteiger partial charge in [-0.25, -0.2) is 0 Å². The van der Waals surface area contributed by atoms with Crippen LogP contribution in [0.2, 0.25) is 90.7 Å². The molecule has 6 rings (SSSR count). The largest absolute Gasteiger partial charge is 0.414 e. The molecule has 0 spiro atoms. The predicted molar refractivity (Wildman–Crippen MR) is 400 cm³/mol. The highest BCUT2D eigenvalue weighted by Crippen LogP contribution is 2.50. The Labute approximate surface area is 586 Å². The van der Waals surface area contributed by atoms with Crippen molar-refractivity contribution in [3.05, 3.63) is 34.5 Å². The van der Waals surface area contributed by atoms with Crippen molar-refractivity contribution in [3.8, 4) is 0 Å². The third-order valence-electron chi connectivity index (χ3n) is 24.2. The molecular weight excluding hydrogens is 1370 g/mol. The summed E-state index contributed by atoms with van der Waals surface area (Å²) >= 11 is 2.32. The standard InChI is InChI=1S/C73H137IO14Si5/c1-48-41-52(31-34-57-49(2)42-53(80-57)33-36-63-77-39-30-40-78-63)81-60(50(48)3)46-61-56(64(76-19)62(83-61)45-55(85-90(22,23)70(7,8)9)47-79-89(20,21)69(4,5)6)44-51(75)43-54-32-35-58-65(82-54)67(87-92(26,27)72(13,14)15)68(88-93(28,29)73(16,17)18)66(84-58)59(37-38-74)86-91(24,25)71(10,11)12/h37-38,48,52-68H,2-3,30-36,39-47H2,1,4-29H3/b38-37+/t48-,52-,53-,54?,55-,56-,57-,58-,59?,60+,61-,62+,64-,65+,66+,67?,68?/m0/s1. The Hall–Kier alpha value is 0.184. The number of carbonyl (C=O) groups is 1. The summed E-state index contributed by atoms with van der Waals surface area (Å²) in [6, 6.07) is 0. The maximum absolute atomic E-state index is 15.4. The zero-order valence-electron chi connectivity index (χ0n) is 63.9. The molecule has 0 N–H and O–H groups in total. The maximum Gasteiger partial charge on any atom is 0.193 e. The number of halogens is 1. The van der Waals surface area contributed by atoms with Crippen molar-refractivity contribution in [3.63, 3.8) is 0 Å². The second-order valence-corrected chi connectivity index (χ2v) is 61.2. The van der Waals surface area contributed by atoms with Gasteiger partial charge in [-0.1, -0.05) is 147 Å². The fourth-order valence-corrected chi connectivity index (χ4v) is 19.6. The second-order valence-electron chi connectivity index (χ2n) is 36.6. The molecular formula is C73H137IO14Si5. The molecule has 540 valence electrons. The van der Waals surface area contributed by atoms with Gasteiger partial charge < -0.3 is 60.0 Å². The summed E-state index contributed by atoms with van der Waals surface area (Å²) in [5.74, 6) is 0.0807. The number of fused-ring (bicyclic) bond motifs is 1. The lowest BCUT2D eigenvalue weighted by molar-refractivity contribution is -0.266. The SMILES string of the molecule is C=C1C[C@H](CCC2OCCCO2)O[C@H]1CC[C@H]1C[C@H](C)C(=C)[C@@H](C[C@@H]2O[C@H](C[C@@H](CO[Si](C)(C)C(C)(C)C)O[Si](C)(C)C(C)(C)C)[C@@H](OC)[C@H]2CC(=O)CC2CC[C@@H]3O[C@H](C(/C=C/I)O[Si](C)(C)C(C)(C)C)C(O[Si](C)(C)C(C)(C)C)C(O[Si](C)(C)C(C)(C)C)[C@@H]3O2)O1. The van der Waals surface area contributed by atoms with E-state index >= 15 is 4.79 Å². The quantitative estimate of drug-likeness (QED) is 0.0417. The number of Topliss-reactive ketones (excluding diaryl/α,β-unsaturated/α-hetero) is 1. The summed E-state index contributed by atoms with van der Waals surface area (Å²) in [6.07, 6.45) is 6.62. The summed E-state index contributed by atoms with van der Waals surface area (Å²) in [5.41, 5.74) is 2.23. The molecule has 6 aliphatic heterocycles. The summed E-state index contributed by atoms with van der Waals surface area (Å²) < 4.78 is 93.9. The van der Waals surface area contributed by atoms with Crippen LogP contribution in [0.25, 0.3) is 0 Å². The van der Waals surface area contributed by atoms with Crippen LogP contribution < -0.4 is 0 Å². The van der Waals surface area contributed by atoms with Crippen molar-refractivity contribution in [2.45, 2.75) is 383 Å². The first-order valence-electron chi connectivity index (χ1n) is 36.1. The molecule has 0 radical (unpaired) electrons. The van der Waals surface area contributed by atoms with Gasteiger partial charge >= 0.3 is 0 Å². The third-order valence-corrected chi connectivity index (χ3v) is 47.1. The van der Waals surface area contributed by atoms with Gasteiger partial charge in [0, 0.05) is 45.1 Å². The highest BCUT2D eigenvalue weighted by Gasteiger charge is 2.59. The van der Waals surface area contributed by atoms with Crippen molar-refractivity contribution < 1.29 is 64.8 Å². The zero-order valence-corrected chi connectivity index (χ0v) is 71.0. The van der Waals surface area contributed by atoms with Gasteiger partial charge in [-0.3, -0.25) is 4.79 Å². The summed E-state index contributed by atoms with van der Waals surface area (Å²) in [6.45, 7) is 71.0. The molecule has 0 aliphatic carbocycles. The molecule has 20 heteroatoms. The normalized spacial score (nSPS) is 32.2. The van der Waals surface area contributed by atoms with Crippen molar-refractivity contribution in [1.82, 2.24) is 0 Å². The summed E-state index contributed by atoms with van der Waals surface area (Å²) in [7, 11) is -10.0. The van der Waals surface area contributed by atoms with Crippen LogP contribution in [-0.2, 0) is 64.8 Å². The van der Waals surface area contributed by atoms with Crippen LogP contribution in [0, 0.1) is 11.8 Å². The van der Waals surface area contributed by atoms with Gasteiger partial charge in [0.25, 0.3) is 0 Å². The molecule has 6 saturated heterocycles. The number of carbonyl (C=O) groups excluding carboxylic acids is 1. The molecule has 93 heavy (non-hydrogen) atoms. The number of ketones is 1. The van der Waals surface area contributed by atoms with Gasteiger partial charge in [0.05, 0.1) is 87.0 Å². The van der Waals surface area contributed by atoms with E-state index in [9.17, 15) is 0 Å². The number of ether oxygens (including phenoxy) is 8. The Balaban J connectivity index is 1.30. The van der Waals surface area contributed by atoms with E-state index < -0.39 is 72.1 Å². The van der Waals surface area contributed by atoms with E-state index in [0.29, 0.717) is 32.3 Å². The maximum atomic E-state index is 15.4. The van der Waals surface area contributed by atoms with Crippen molar-refractivity contribution in [2.24, 2.45) is 11.8 Å². The first-order valence-corrected chi connectivity index (χ1v) is 51.8. The molecule has 0 aromatic carbocycles. The fourth-order valence-electron chi connectivity index (χ4n) is 13.0. The summed E-state index contributed by atoms with van der Waals surface area (Å²) in [5, 5.41) is -0.259. The lowest BCUT2D eigenvalue weighted by Crippen LogP contribution is -2.69. The zero-order chi connectivity index (χ0) is 70.0. The van der Waals surface area contributed by atoms with Crippen LogP contribution in [0.3, 0.4) is 0 Å². The average Bonchev–Trinajstić information content (AvgIpc) is 1.22. The van der Waals surface area contributed by atoms with E-state index in [1.165, 1.54) is 0 Å². The van der Waals surface area contributed by atoms with Crippen molar-refractivity contribution in [1.29, 1.82) is 0 Å².